The molecule has 0 aromatic heterocycles. The number of nitrogens with zero attached hydrogens (tertiary/aromatic N) is 2. The number of nitrogens with one attached hydrogen (secondary N) is 2. The summed E-state index contributed by atoms with van der Waals surface area (Å²) in [5.74, 6) is 0.889. The molecule has 1 spiro atoms. The van der Waals surface area contributed by atoms with Crippen LogP contribution in [0.1, 0.15) is 44.1 Å². The minimum Gasteiger partial charge on any atom is -0.493 e. The molecular weight excluding hydrogens is 416 g/mol. The summed E-state index contributed by atoms with van der Waals surface area (Å²) in [6.45, 7) is 0.918. The lowest BCUT2D eigenvalue weighted by atomic mass is 9.82. The molecule has 10 heteroatoms. The van der Waals surface area contributed by atoms with Crippen LogP contribution < -0.4 is 25.0 Å². The number of urea groups is 1. The zero-order chi connectivity index (χ0) is 23.3. The Morgan fingerprint density at radius 1 is 1.09 bits per heavy atom. The lowest BCUT2D eigenvalue weighted by Gasteiger charge is -2.30. The molecule has 1 aromatic carbocycles. The van der Waals surface area contributed by atoms with E-state index in [1.807, 2.05) is 18.0 Å². The Kier molecular flexibility index (Phi) is 7.44. The van der Waals surface area contributed by atoms with Crippen LogP contribution in [0.2, 0.25) is 0 Å². The summed E-state index contributed by atoms with van der Waals surface area (Å²) in [5.41, 5.74) is 2.49. The van der Waals surface area contributed by atoms with Crippen LogP contribution in [0.15, 0.2) is 12.1 Å². The van der Waals surface area contributed by atoms with Crippen molar-refractivity contribution < 1.29 is 28.6 Å². The number of hydrogen-bond donors (Lipinski definition) is 2. The highest BCUT2D eigenvalue weighted by atomic mass is 16.5. The van der Waals surface area contributed by atoms with Gasteiger partial charge in [-0.2, -0.15) is 5.01 Å². The number of rotatable bonds is 9. The molecule has 2 fully saturated rings. The predicted molar refractivity (Wildman–Crippen MR) is 116 cm³/mol. The second-order valence-electron chi connectivity index (χ2n) is 8.23. The average molecular weight is 449 g/mol. The zero-order valence-corrected chi connectivity index (χ0v) is 19.2. The molecule has 1 aliphatic heterocycles. The fourth-order valence-corrected chi connectivity index (χ4v) is 4.35. The third-order valence-corrected chi connectivity index (χ3v) is 6.05. The minimum atomic E-state index is -0.858. The fraction of sp³-hybridized carbons (Fsp3) is 0.591. The molecule has 4 amide bonds. The van der Waals surface area contributed by atoms with Crippen molar-refractivity contribution in [3.05, 3.63) is 17.7 Å². The Morgan fingerprint density at radius 2 is 1.78 bits per heavy atom. The molecular formula is C22H32N4O6. The van der Waals surface area contributed by atoms with Gasteiger partial charge in [0.05, 0.1) is 21.3 Å². The van der Waals surface area contributed by atoms with Crippen molar-refractivity contribution in [2.24, 2.45) is 0 Å². The van der Waals surface area contributed by atoms with Crippen LogP contribution in [0.5, 0.6) is 17.2 Å². The normalized spacial score (nSPS) is 17.5. The van der Waals surface area contributed by atoms with E-state index < -0.39 is 17.5 Å². The molecule has 32 heavy (non-hydrogen) atoms. The zero-order valence-electron chi connectivity index (χ0n) is 19.2. The second-order valence-corrected chi connectivity index (χ2v) is 8.23. The first-order valence-corrected chi connectivity index (χ1v) is 10.8. The van der Waals surface area contributed by atoms with E-state index in [-0.39, 0.29) is 12.3 Å². The lowest BCUT2D eigenvalue weighted by molar-refractivity contribution is -0.140. The maximum atomic E-state index is 12.8. The number of ether oxygens (including phenoxy) is 3. The number of imide groups is 1. The largest absolute Gasteiger partial charge is 0.493 e. The molecule has 176 valence electrons. The summed E-state index contributed by atoms with van der Waals surface area (Å²) in [5, 5.41) is 3.62. The molecule has 1 heterocycles. The number of carbonyl (C=O) groups excluding carboxylic acids is 3. The second kappa shape index (κ2) is 10.1. The Balaban J connectivity index is 1.55. The number of methoxy groups -OCH3 is 3. The van der Waals surface area contributed by atoms with E-state index in [2.05, 4.69) is 10.7 Å². The monoisotopic (exact) mass is 448 g/mol. The maximum Gasteiger partial charge on any atom is 0.344 e. The predicted octanol–water partition coefficient (Wildman–Crippen LogP) is 1.82. The number of hydrogen-bond acceptors (Lipinski definition) is 7. The number of hydrazine groups is 1. The average Bonchev–Trinajstić information content (AvgIpc) is 3.01. The van der Waals surface area contributed by atoms with Gasteiger partial charge in [-0.25, -0.2) is 4.79 Å². The van der Waals surface area contributed by atoms with Crippen molar-refractivity contribution in [1.82, 2.24) is 20.7 Å². The van der Waals surface area contributed by atoms with Gasteiger partial charge in [-0.15, -0.1) is 0 Å². The van der Waals surface area contributed by atoms with Crippen molar-refractivity contribution in [2.75, 3.05) is 34.9 Å². The lowest BCUT2D eigenvalue weighted by Crippen LogP contribution is -2.51. The van der Waals surface area contributed by atoms with Gasteiger partial charge in [0.2, 0.25) is 11.7 Å². The van der Waals surface area contributed by atoms with Gasteiger partial charge >= 0.3 is 6.03 Å². The van der Waals surface area contributed by atoms with E-state index in [0.717, 1.165) is 29.8 Å². The van der Waals surface area contributed by atoms with Crippen molar-refractivity contribution in [2.45, 2.75) is 50.6 Å². The Hall–Kier alpha value is -3.01. The van der Waals surface area contributed by atoms with E-state index >= 15 is 0 Å². The molecule has 1 aromatic rings. The minimum absolute atomic E-state index is 0.121. The van der Waals surface area contributed by atoms with Crippen LogP contribution in [-0.4, -0.2) is 68.2 Å². The van der Waals surface area contributed by atoms with E-state index in [4.69, 9.17) is 14.2 Å². The van der Waals surface area contributed by atoms with Crippen molar-refractivity contribution in [3.63, 3.8) is 0 Å². The van der Waals surface area contributed by atoms with E-state index in [1.165, 1.54) is 0 Å². The highest BCUT2D eigenvalue weighted by molar-refractivity contribution is 6.08. The van der Waals surface area contributed by atoms with Gasteiger partial charge in [0.1, 0.15) is 5.54 Å². The number of amides is 4. The van der Waals surface area contributed by atoms with Crippen LogP contribution in [0.25, 0.3) is 0 Å². The highest BCUT2D eigenvalue weighted by Crippen LogP contribution is 2.40. The topological polar surface area (TPSA) is 109 Å². The standard InChI is InChI=1S/C22H32N4O6/c1-25(14-15-8-9-16(30-2)19(32-4)18(15)31-3)13-10-17(27)24-26-20(28)22(23-21(26)29)11-6-5-7-12-22/h8-9H,5-7,10-14H2,1-4H3,(H,23,29)(H,24,27). The van der Waals surface area contributed by atoms with Crippen LogP contribution in [0.3, 0.4) is 0 Å². The molecule has 0 bridgehead atoms. The van der Waals surface area contributed by atoms with Gasteiger partial charge in [-0.1, -0.05) is 25.3 Å². The van der Waals surface area contributed by atoms with E-state index in [0.29, 0.717) is 43.2 Å². The third kappa shape index (κ3) is 4.74. The molecule has 0 atom stereocenters. The van der Waals surface area contributed by atoms with Crippen molar-refractivity contribution >= 4 is 17.8 Å². The van der Waals surface area contributed by atoms with Crippen LogP contribution in [0.4, 0.5) is 4.79 Å². The van der Waals surface area contributed by atoms with E-state index in [9.17, 15) is 14.4 Å². The summed E-state index contributed by atoms with van der Waals surface area (Å²) in [4.78, 5) is 39.5. The molecule has 1 aliphatic carbocycles. The quantitative estimate of drug-likeness (QED) is 0.555. The van der Waals surface area contributed by atoms with Crippen molar-refractivity contribution in [1.29, 1.82) is 0 Å². The SMILES string of the molecule is COc1ccc(CN(C)CCC(=O)NN2C(=O)NC3(CCCCC3)C2=O)c(OC)c1OC. The molecule has 3 rings (SSSR count). The molecule has 1 saturated heterocycles. The summed E-state index contributed by atoms with van der Waals surface area (Å²) >= 11 is 0. The van der Waals surface area contributed by atoms with Crippen LogP contribution in [-0.2, 0) is 16.1 Å². The molecule has 1 saturated carbocycles. The van der Waals surface area contributed by atoms with Gasteiger partial charge in [0, 0.05) is 25.1 Å². The number of carbonyl (C=O) groups is 3. The Labute approximate surface area is 188 Å². The summed E-state index contributed by atoms with van der Waals surface area (Å²) in [6, 6.07) is 3.12. The van der Waals surface area contributed by atoms with Gasteiger partial charge in [0.25, 0.3) is 5.91 Å². The first kappa shape index (κ1) is 23.6. The summed E-state index contributed by atoms with van der Waals surface area (Å²) in [6.07, 6.45) is 4.17. The van der Waals surface area contributed by atoms with Gasteiger partial charge in [-0.05, 0) is 26.0 Å². The van der Waals surface area contributed by atoms with Crippen LogP contribution in [0, 0.1) is 0 Å². The summed E-state index contributed by atoms with van der Waals surface area (Å²) in [7, 11) is 6.54. The smallest absolute Gasteiger partial charge is 0.344 e. The van der Waals surface area contributed by atoms with E-state index in [1.54, 1.807) is 27.4 Å². The maximum absolute atomic E-state index is 12.8. The highest BCUT2D eigenvalue weighted by Gasteiger charge is 2.52. The first-order valence-electron chi connectivity index (χ1n) is 10.8. The third-order valence-electron chi connectivity index (χ3n) is 6.05. The van der Waals surface area contributed by atoms with Gasteiger partial charge < -0.3 is 24.4 Å². The fourth-order valence-electron chi connectivity index (χ4n) is 4.35. The molecule has 10 nitrogen and oxygen atoms in total. The number of benzene rings is 1. The molecule has 0 unspecified atom stereocenters. The van der Waals surface area contributed by atoms with Gasteiger partial charge in [0.15, 0.2) is 11.5 Å². The van der Waals surface area contributed by atoms with Gasteiger partial charge in [-0.3, -0.25) is 15.0 Å². The molecule has 2 aliphatic rings. The molecule has 0 radical (unpaired) electrons. The Morgan fingerprint density at radius 3 is 2.41 bits per heavy atom. The summed E-state index contributed by atoms with van der Waals surface area (Å²) < 4.78 is 16.2. The Bertz CT molecular complexity index is 868. The first-order chi connectivity index (χ1) is 15.3. The molecule has 2 N–H and O–H groups in total. The van der Waals surface area contributed by atoms with Crippen molar-refractivity contribution in [3.8, 4) is 17.2 Å². The van der Waals surface area contributed by atoms with Crippen LogP contribution >= 0.6 is 0 Å².